The van der Waals surface area contributed by atoms with Crippen LogP contribution >= 0.6 is 15.9 Å². The number of nitrogens with zero attached hydrogens (tertiary/aromatic N) is 2. The van der Waals surface area contributed by atoms with Crippen LogP contribution in [-0.2, 0) is 11.3 Å². The monoisotopic (exact) mass is 478 g/mol. The number of hydrogen-bond donors (Lipinski definition) is 2. The highest BCUT2D eigenvalue weighted by molar-refractivity contribution is 9.10. The molecule has 31 heavy (non-hydrogen) atoms. The van der Waals surface area contributed by atoms with Crippen molar-refractivity contribution in [3.8, 4) is 11.3 Å². The van der Waals surface area contributed by atoms with E-state index in [0.29, 0.717) is 30.9 Å². The van der Waals surface area contributed by atoms with Crippen molar-refractivity contribution in [3.05, 3.63) is 82.0 Å². The highest BCUT2D eigenvalue weighted by Crippen LogP contribution is 2.22. The fraction of sp³-hybridized carbons (Fsp3) is 0.208. The molecule has 1 fully saturated rings. The molecule has 0 aliphatic carbocycles. The Morgan fingerprint density at radius 1 is 1.16 bits per heavy atom. The Morgan fingerprint density at radius 3 is 2.68 bits per heavy atom. The summed E-state index contributed by atoms with van der Waals surface area (Å²) in [7, 11) is 0. The fourth-order valence-electron chi connectivity index (χ4n) is 3.57. The van der Waals surface area contributed by atoms with Crippen LogP contribution in [0.1, 0.15) is 21.6 Å². The lowest BCUT2D eigenvalue weighted by Crippen LogP contribution is -2.47. The molecule has 2 N–H and O–H groups in total. The van der Waals surface area contributed by atoms with Gasteiger partial charge in [-0.1, -0.05) is 40.2 Å². The van der Waals surface area contributed by atoms with Gasteiger partial charge < -0.3 is 15.5 Å². The molecule has 3 aromatic rings. The van der Waals surface area contributed by atoms with Crippen molar-refractivity contribution >= 4 is 33.4 Å². The highest BCUT2D eigenvalue weighted by Gasteiger charge is 2.16. The summed E-state index contributed by atoms with van der Waals surface area (Å²) in [6.45, 7) is 4.10. The standard InChI is InChI=1S/C24H23BrN4O2/c1-16-21(9-10-22(28-16)18-3-2-4-19(25)13-18)24(31)27-14-17-5-7-20(8-6-17)29-12-11-26-23(30)15-29/h2-10,13H,11-12,14-15H2,1H3,(H,26,30)(H,27,31). The zero-order chi connectivity index (χ0) is 21.8. The minimum atomic E-state index is -0.150. The van der Waals surface area contributed by atoms with Gasteiger partial charge in [0.1, 0.15) is 0 Å². The van der Waals surface area contributed by atoms with Gasteiger partial charge in [-0.25, -0.2) is 0 Å². The van der Waals surface area contributed by atoms with Crippen LogP contribution in [-0.4, -0.2) is 36.4 Å². The summed E-state index contributed by atoms with van der Waals surface area (Å²) < 4.78 is 0.987. The molecule has 2 heterocycles. The van der Waals surface area contributed by atoms with Crippen molar-refractivity contribution in [2.75, 3.05) is 24.5 Å². The van der Waals surface area contributed by atoms with E-state index < -0.39 is 0 Å². The van der Waals surface area contributed by atoms with Crippen molar-refractivity contribution in [1.82, 2.24) is 15.6 Å². The van der Waals surface area contributed by atoms with Crippen molar-refractivity contribution in [1.29, 1.82) is 0 Å². The third kappa shape index (κ3) is 5.11. The SMILES string of the molecule is Cc1nc(-c2cccc(Br)c2)ccc1C(=O)NCc1ccc(N2CCNC(=O)C2)cc1. The average molecular weight is 479 g/mol. The summed E-state index contributed by atoms with van der Waals surface area (Å²) >= 11 is 3.48. The molecule has 7 heteroatoms. The minimum absolute atomic E-state index is 0.0393. The van der Waals surface area contributed by atoms with Crippen LogP contribution in [0, 0.1) is 6.92 Å². The van der Waals surface area contributed by atoms with E-state index >= 15 is 0 Å². The molecule has 1 aliphatic rings. The van der Waals surface area contributed by atoms with E-state index in [0.717, 1.165) is 33.5 Å². The molecule has 1 aliphatic heterocycles. The van der Waals surface area contributed by atoms with Gasteiger partial charge in [0.05, 0.1) is 23.5 Å². The number of halogens is 1. The van der Waals surface area contributed by atoms with Crippen LogP contribution in [0.3, 0.4) is 0 Å². The Hall–Kier alpha value is -3.19. The largest absolute Gasteiger partial charge is 0.360 e. The number of benzene rings is 2. The number of hydrogen-bond acceptors (Lipinski definition) is 4. The second kappa shape index (κ2) is 9.31. The molecule has 2 amide bonds. The number of amides is 2. The average Bonchev–Trinajstić information content (AvgIpc) is 2.78. The lowest BCUT2D eigenvalue weighted by molar-refractivity contribution is -0.120. The van der Waals surface area contributed by atoms with Gasteiger partial charge in [0.25, 0.3) is 5.91 Å². The van der Waals surface area contributed by atoms with E-state index in [4.69, 9.17) is 0 Å². The number of aromatic nitrogens is 1. The highest BCUT2D eigenvalue weighted by atomic mass is 79.9. The Bertz CT molecular complexity index is 1110. The molecule has 1 aromatic heterocycles. The molecule has 0 spiro atoms. The van der Waals surface area contributed by atoms with Gasteiger partial charge in [-0.05, 0) is 48.9 Å². The molecule has 2 aromatic carbocycles. The zero-order valence-electron chi connectivity index (χ0n) is 17.2. The number of nitrogens with one attached hydrogen (secondary N) is 2. The normalized spacial score (nSPS) is 13.6. The first-order valence-corrected chi connectivity index (χ1v) is 10.9. The quantitative estimate of drug-likeness (QED) is 0.586. The molecule has 0 saturated carbocycles. The molecule has 158 valence electrons. The maximum Gasteiger partial charge on any atom is 0.253 e. The van der Waals surface area contributed by atoms with Crippen LogP contribution in [0.2, 0.25) is 0 Å². The van der Waals surface area contributed by atoms with Crippen LogP contribution in [0.5, 0.6) is 0 Å². The Morgan fingerprint density at radius 2 is 1.97 bits per heavy atom. The number of piperazine rings is 1. The molecule has 0 radical (unpaired) electrons. The number of carbonyl (C=O) groups excluding carboxylic acids is 2. The predicted molar refractivity (Wildman–Crippen MR) is 125 cm³/mol. The van der Waals surface area contributed by atoms with E-state index in [1.54, 1.807) is 0 Å². The number of anilines is 1. The van der Waals surface area contributed by atoms with E-state index in [1.807, 2.05) is 72.5 Å². The summed E-state index contributed by atoms with van der Waals surface area (Å²) in [4.78, 5) is 30.9. The second-order valence-corrected chi connectivity index (χ2v) is 8.38. The predicted octanol–water partition coefficient (Wildman–Crippen LogP) is 3.69. The van der Waals surface area contributed by atoms with Crippen LogP contribution < -0.4 is 15.5 Å². The molecular formula is C24H23BrN4O2. The third-order valence-electron chi connectivity index (χ3n) is 5.24. The van der Waals surface area contributed by atoms with Gasteiger partial charge >= 0.3 is 0 Å². The number of carbonyl (C=O) groups is 2. The maximum absolute atomic E-state index is 12.7. The smallest absolute Gasteiger partial charge is 0.253 e. The van der Waals surface area contributed by atoms with Gasteiger partial charge in [-0.3, -0.25) is 14.6 Å². The van der Waals surface area contributed by atoms with E-state index in [1.165, 1.54) is 0 Å². The summed E-state index contributed by atoms with van der Waals surface area (Å²) in [5.74, 6) is -0.111. The van der Waals surface area contributed by atoms with Crippen molar-refractivity contribution in [2.24, 2.45) is 0 Å². The fourth-order valence-corrected chi connectivity index (χ4v) is 3.97. The third-order valence-corrected chi connectivity index (χ3v) is 5.74. The first-order valence-electron chi connectivity index (χ1n) is 10.1. The van der Waals surface area contributed by atoms with Gasteiger partial charge in [0.15, 0.2) is 0 Å². The van der Waals surface area contributed by atoms with Gasteiger partial charge in [-0.15, -0.1) is 0 Å². The Labute approximate surface area is 189 Å². The maximum atomic E-state index is 12.7. The van der Waals surface area contributed by atoms with Gasteiger partial charge in [0, 0.05) is 35.4 Å². The molecule has 6 nitrogen and oxygen atoms in total. The first kappa shape index (κ1) is 21.1. The van der Waals surface area contributed by atoms with Gasteiger partial charge in [-0.2, -0.15) is 0 Å². The van der Waals surface area contributed by atoms with E-state index in [-0.39, 0.29) is 11.8 Å². The minimum Gasteiger partial charge on any atom is -0.360 e. The summed E-state index contributed by atoms with van der Waals surface area (Å²) in [5.41, 5.74) is 5.08. The lowest BCUT2D eigenvalue weighted by atomic mass is 10.1. The van der Waals surface area contributed by atoms with Crippen molar-refractivity contribution in [3.63, 3.8) is 0 Å². The van der Waals surface area contributed by atoms with Crippen LogP contribution in [0.25, 0.3) is 11.3 Å². The summed E-state index contributed by atoms with van der Waals surface area (Å²) in [6, 6.07) is 19.5. The summed E-state index contributed by atoms with van der Waals surface area (Å²) in [5, 5.41) is 5.79. The molecule has 0 atom stereocenters. The number of aryl methyl sites for hydroxylation is 1. The Kier molecular flexibility index (Phi) is 6.32. The van der Waals surface area contributed by atoms with Crippen LogP contribution in [0.4, 0.5) is 5.69 Å². The topological polar surface area (TPSA) is 74.3 Å². The van der Waals surface area contributed by atoms with E-state index in [9.17, 15) is 9.59 Å². The molecule has 0 unspecified atom stereocenters. The molecule has 4 rings (SSSR count). The Balaban J connectivity index is 1.39. The lowest BCUT2D eigenvalue weighted by Gasteiger charge is -2.28. The molecule has 0 bridgehead atoms. The first-order chi connectivity index (χ1) is 15.0. The van der Waals surface area contributed by atoms with Crippen molar-refractivity contribution in [2.45, 2.75) is 13.5 Å². The second-order valence-electron chi connectivity index (χ2n) is 7.46. The molecular weight excluding hydrogens is 456 g/mol. The number of rotatable bonds is 5. The summed E-state index contributed by atoms with van der Waals surface area (Å²) in [6.07, 6.45) is 0. The zero-order valence-corrected chi connectivity index (χ0v) is 18.8. The van der Waals surface area contributed by atoms with E-state index in [2.05, 4.69) is 31.5 Å². The van der Waals surface area contributed by atoms with Crippen molar-refractivity contribution < 1.29 is 9.59 Å². The number of pyridine rings is 1. The molecule has 1 saturated heterocycles. The van der Waals surface area contributed by atoms with Crippen LogP contribution in [0.15, 0.2) is 65.1 Å². The van der Waals surface area contributed by atoms with Gasteiger partial charge in [0.2, 0.25) is 5.91 Å².